The van der Waals surface area contributed by atoms with Gasteiger partial charge in [0.15, 0.2) is 9.84 Å². The van der Waals surface area contributed by atoms with Crippen LogP contribution in [0, 0.1) is 5.92 Å². The SMILES string of the molecule is CCNC1CCC(C)CC1S(=O)(=O)CC(N)=O. The molecule has 0 aromatic heterocycles. The summed E-state index contributed by atoms with van der Waals surface area (Å²) in [6.07, 6.45) is 2.49. The van der Waals surface area contributed by atoms with Crippen molar-refractivity contribution in [3.63, 3.8) is 0 Å². The molecule has 0 bridgehead atoms. The van der Waals surface area contributed by atoms with Crippen molar-refractivity contribution >= 4 is 15.7 Å². The van der Waals surface area contributed by atoms with E-state index in [4.69, 9.17) is 5.73 Å². The molecule has 100 valence electrons. The first kappa shape index (κ1) is 14.4. The summed E-state index contributed by atoms with van der Waals surface area (Å²) >= 11 is 0. The molecule has 1 aliphatic rings. The fourth-order valence-electron chi connectivity index (χ4n) is 2.53. The van der Waals surface area contributed by atoms with E-state index in [0.717, 1.165) is 19.4 Å². The Morgan fingerprint density at radius 2 is 2.06 bits per heavy atom. The molecule has 17 heavy (non-hydrogen) atoms. The molecular weight excluding hydrogens is 240 g/mol. The van der Waals surface area contributed by atoms with Crippen LogP contribution in [-0.2, 0) is 14.6 Å². The minimum absolute atomic E-state index is 0.0412. The molecule has 0 spiro atoms. The number of nitrogens with two attached hydrogens (primary N) is 1. The maximum absolute atomic E-state index is 12.1. The standard InChI is InChI=1S/C11H22N2O3S/c1-3-13-9-5-4-8(2)6-10(9)17(15,16)7-11(12)14/h8-10,13H,3-7H2,1-2H3,(H2,12,14). The molecule has 0 heterocycles. The van der Waals surface area contributed by atoms with Crippen LogP contribution in [-0.4, -0.2) is 37.9 Å². The Labute approximate surface area is 103 Å². The molecule has 3 atom stereocenters. The second kappa shape index (κ2) is 5.82. The third kappa shape index (κ3) is 3.96. The summed E-state index contributed by atoms with van der Waals surface area (Å²) in [6, 6.07) is -0.0412. The summed E-state index contributed by atoms with van der Waals surface area (Å²) in [5, 5.41) is 2.73. The maximum atomic E-state index is 12.1. The molecule has 0 radical (unpaired) electrons. The Balaban J connectivity index is 2.84. The lowest BCUT2D eigenvalue weighted by molar-refractivity contribution is -0.115. The molecule has 5 nitrogen and oxygen atoms in total. The highest BCUT2D eigenvalue weighted by atomic mass is 32.2. The lowest BCUT2D eigenvalue weighted by Gasteiger charge is -2.34. The van der Waals surface area contributed by atoms with E-state index in [1.54, 1.807) is 0 Å². The molecule has 1 rings (SSSR count). The molecule has 1 fully saturated rings. The van der Waals surface area contributed by atoms with Gasteiger partial charge in [-0.2, -0.15) is 0 Å². The molecule has 3 unspecified atom stereocenters. The number of rotatable bonds is 5. The zero-order chi connectivity index (χ0) is 13.1. The first-order valence-corrected chi connectivity index (χ1v) is 7.81. The Hall–Kier alpha value is -0.620. The van der Waals surface area contributed by atoms with E-state index < -0.39 is 26.7 Å². The quantitative estimate of drug-likeness (QED) is 0.733. The van der Waals surface area contributed by atoms with Crippen molar-refractivity contribution in [3.05, 3.63) is 0 Å². The summed E-state index contributed by atoms with van der Waals surface area (Å²) < 4.78 is 24.2. The van der Waals surface area contributed by atoms with Gasteiger partial charge < -0.3 is 11.1 Å². The number of nitrogens with one attached hydrogen (secondary N) is 1. The van der Waals surface area contributed by atoms with E-state index in [1.165, 1.54) is 0 Å². The van der Waals surface area contributed by atoms with Gasteiger partial charge in [0.25, 0.3) is 0 Å². The topological polar surface area (TPSA) is 89.3 Å². The highest BCUT2D eigenvalue weighted by Crippen LogP contribution is 2.29. The van der Waals surface area contributed by atoms with E-state index >= 15 is 0 Å². The Morgan fingerprint density at radius 3 is 2.59 bits per heavy atom. The molecule has 0 saturated heterocycles. The van der Waals surface area contributed by atoms with Crippen LogP contribution < -0.4 is 11.1 Å². The van der Waals surface area contributed by atoms with Gasteiger partial charge >= 0.3 is 0 Å². The van der Waals surface area contributed by atoms with Gasteiger partial charge in [0.05, 0.1) is 5.25 Å². The van der Waals surface area contributed by atoms with Crippen LogP contribution in [0.1, 0.15) is 33.1 Å². The zero-order valence-corrected chi connectivity index (χ0v) is 11.3. The van der Waals surface area contributed by atoms with Gasteiger partial charge in [0.2, 0.25) is 5.91 Å². The van der Waals surface area contributed by atoms with Crippen LogP contribution in [0.2, 0.25) is 0 Å². The summed E-state index contributed by atoms with van der Waals surface area (Å²) in [6.45, 7) is 4.74. The second-order valence-electron chi connectivity index (χ2n) is 4.89. The van der Waals surface area contributed by atoms with Gasteiger partial charge in [-0.3, -0.25) is 4.79 Å². The number of amides is 1. The highest BCUT2D eigenvalue weighted by molar-refractivity contribution is 7.92. The average Bonchev–Trinajstić information content (AvgIpc) is 2.19. The van der Waals surface area contributed by atoms with Crippen molar-refractivity contribution in [2.45, 2.75) is 44.4 Å². The molecule has 0 aromatic rings. The third-order valence-electron chi connectivity index (χ3n) is 3.32. The maximum Gasteiger partial charge on any atom is 0.232 e. The molecule has 6 heteroatoms. The van der Waals surface area contributed by atoms with Gasteiger partial charge in [0, 0.05) is 6.04 Å². The second-order valence-corrected chi connectivity index (χ2v) is 7.11. The molecule has 1 amide bonds. The van der Waals surface area contributed by atoms with Crippen molar-refractivity contribution < 1.29 is 13.2 Å². The van der Waals surface area contributed by atoms with Crippen LogP contribution in [0.3, 0.4) is 0 Å². The molecule has 0 aliphatic heterocycles. The predicted molar refractivity (Wildman–Crippen MR) is 67.2 cm³/mol. The summed E-state index contributed by atoms with van der Waals surface area (Å²) in [5.74, 6) is -0.914. The van der Waals surface area contributed by atoms with Crippen LogP contribution in [0.25, 0.3) is 0 Å². The number of hydrogen-bond donors (Lipinski definition) is 2. The van der Waals surface area contributed by atoms with E-state index in [0.29, 0.717) is 12.3 Å². The summed E-state index contributed by atoms with van der Waals surface area (Å²) in [7, 11) is -3.42. The summed E-state index contributed by atoms with van der Waals surface area (Å²) in [5.41, 5.74) is 5.00. The van der Waals surface area contributed by atoms with E-state index in [9.17, 15) is 13.2 Å². The Morgan fingerprint density at radius 1 is 1.41 bits per heavy atom. The number of primary amides is 1. The number of carbonyl (C=O) groups excluding carboxylic acids is 1. The van der Waals surface area contributed by atoms with Gasteiger partial charge in [-0.25, -0.2) is 8.42 Å². The lowest BCUT2D eigenvalue weighted by atomic mass is 9.87. The Kier molecular flexibility index (Phi) is 4.94. The van der Waals surface area contributed by atoms with Gasteiger partial charge in [0.1, 0.15) is 5.75 Å². The third-order valence-corrected chi connectivity index (χ3v) is 5.46. The van der Waals surface area contributed by atoms with Crippen molar-refractivity contribution in [1.82, 2.24) is 5.32 Å². The number of sulfone groups is 1. The smallest absolute Gasteiger partial charge is 0.232 e. The minimum atomic E-state index is -3.42. The largest absolute Gasteiger partial charge is 0.369 e. The van der Waals surface area contributed by atoms with Crippen molar-refractivity contribution in [2.24, 2.45) is 11.7 Å². The molecule has 3 N–H and O–H groups in total. The highest BCUT2D eigenvalue weighted by Gasteiger charge is 2.37. The monoisotopic (exact) mass is 262 g/mol. The van der Waals surface area contributed by atoms with Crippen molar-refractivity contribution in [3.8, 4) is 0 Å². The van der Waals surface area contributed by atoms with Crippen LogP contribution in [0.15, 0.2) is 0 Å². The minimum Gasteiger partial charge on any atom is -0.369 e. The van der Waals surface area contributed by atoms with Gasteiger partial charge in [-0.1, -0.05) is 13.8 Å². The van der Waals surface area contributed by atoms with Crippen LogP contribution in [0.5, 0.6) is 0 Å². The van der Waals surface area contributed by atoms with E-state index in [-0.39, 0.29) is 6.04 Å². The molecule has 1 aliphatic carbocycles. The van der Waals surface area contributed by atoms with Crippen molar-refractivity contribution in [1.29, 1.82) is 0 Å². The van der Waals surface area contributed by atoms with Gasteiger partial charge in [-0.05, 0) is 31.7 Å². The fourth-order valence-corrected chi connectivity index (χ4v) is 4.49. The normalized spacial score (nSPS) is 30.1. The molecule has 1 saturated carbocycles. The van der Waals surface area contributed by atoms with Gasteiger partial charge in [-0.15, -0.1) is 0 Å². The first-order chi connectivity index (χ1) is 7.86. The predicted octanol–water partition coefficient (Wildman–Crippen LogP) is 0.0532. The molecular formula is C11H22N2O3S. The number of carbonyl (C=O) groups is 1. The number of hydrogen-bond acceptors (Lipinski definition) is 4. The summed E-state index contributed by atoms with van der Waals surface area (Å²) in [4.78, 5) is 10.8. The van der Waals surface area contributed by atoms with Crippen LogP contribution in [0.4, 0.5) is 0 Å². The van der Waals surface area contributed by atoms with Crippen molar-refractivity contribution in [2.75, 3.05) is 12.3 Å². The lowest BCUT2D eigenvalue weighted by Crippen LogP contribution is -2.49. The van der Waals surface area contributed by atoms with Crippen LogP contribution >= 0.6 is 0 Å². The fraction of sp³-hybridized carbons (Fsp3) is 0.909. The zero-order valence-electron chi connectivity index (χ0n) is 10.5. The van der Waals surface area contributed by atoms with E-state index in [2.05, 4.69) is 12.2 Å². The first-order valence-electron chi connectivity index (χ1n) is 6.10. The van der Waals surface area contributed by atoms with E-state index in [1.807, 2.05) is 6.92 Å². The Bertz CT molecular complexity index is 367. The molecule has 0 aromatic carbocycles. The average molecular weight is 262 g/mol.